The van der Waals surface area contributed by atoms with Crippen LogP contribution in [0.3, 0.4) is 0 Å². The van der Waals surface area contributed by atoms with Gasteiger partial charge in [0.05, 0.1) is 3.79 Å². The summed E-state index contributed by atoms with van der Waals surface area (Å²) in [5.74, 6) is 0.206. The Balaban J connectivity index is 2.34. The molecule has 3 nitrogen and oxygen atoms in total. The Bertz CT molecular complexity index is 340. The van der Waals surface area contributed by atoms with Crippen LogP contribution in [0.1, 0.15) is 18.4 Å². The molecule has 0 atom stereocenters. The average molecular weight is 305 g/mol. The van der Waals surface area contributed by atoms with Crippen molar-refractivity contribution in [2.45, 2.75) is 19.4 Å². The average Bonchev–Trinajstić information content (AvgIpc) is 2.64. The van der Waals surface area contributed by atoms with Crippen molar-refractivity contribution >= 4 is 33.2 Å². The molecule has 0 spiro atoms. The Labute approximate surface area is 109 Å². The summed E-state index contributed by atoms with van der Waals surface area (Å²) < 4.78 is 1.11. The smallest absolute Gasteiger partial charge is 0.222 e. The fourth-order valence-corrected chi connectivity index (χ4v) is 2.60. The number of amides is 1. The molecule has 90 valence electrons. The molecular weight excluding hydrogens is 288 g/mol. The zero-order chi connectivity index (χ0) is 12.0. The van der Waals surface area contributed by atoms with E-state index in [0.29, 0.717) is 13.0 Å². The summed E-state index contributed by atoms with van der Waals surface area (Å²) >= 11 is 5.07. The van der Waals surface area contributed by atoms with Crippen LogP contribution in [0.25, 0.3) is 0 Å². The third kappa shape index (κ3) is 4.63. The maximum atomic E-state index is 11.7. The molecule has 0 fully saturated rings. The molecule has 16 heavy (non-hydrogen) atoms. The van der Waals surface area contributed by atoms with E-state index in [2.05, 4.69) is 32.7 Å². The van der Waals surface area contributed by atoms with Crippen molar-refractivity contribution in [3.63, 3.8) is 0 Å². The highest BCUT2D eigenvalue weighted by atomic mass is 79.9. The lowest BCUT2D eigenvalue weighted by molar-refractivity contribution is -0.130. The van der Waals surface area contributed by atoms with Gasteiger partial charge in [-0.15, -0.1) is 11.3 Å². The first kappa shape index (κ1) is 13.7. The molecule has 0 aromatic carbocycles. The molecule has 0 radical (unpaired) electrons. The molecular formula is C11H17BrN2OS. The number of carbonyl (C=O) groups is 1. The minimum atomic E-state index is 0.206. The second kappa shape index (κ2) is 7.04. The molecule has 0 aliphatic heterocycles. The van der Waals surface area contributed by atoms with Crippen LogP contribution in [-0.4, -0.2) is 31.4 Å². The Kier molecular flexibility index (Phi) is 6.01. The maximum absolute atomic E-state index is 11.7. The lowest BCUT2D eigenvalue weighted by atomic mass is 10.2. The van der Waals surface area contributed by atoms with Crippen LogP contribution in [0.15, 0.2) is 15.2 Å². The highest BCUT2D eigenvalue weighted by molar-refractivity contribution is 9.11. The van der Waals surface area contributed by atoms with Gasteiger partial charge in [-0.2, -0.15) is 0 Å². The lowest BCUT2D eigenvalue weighted by Crippen LogP contribution is -2.26. The molecule has 1 aromatic rings. The molecule has 1 aromatic heterocycles. The number of carbonyl (C=O) groups excluding carboxylic acids is 1. The van der Waals surface area contributed by atoms with Crippen LogP contribution < -0.4 is 5.32 Å². The molecule has 0 aliphatic carbocycles. The van der Waals surface area contributed by atoms with E-state index in [1.807, 2.05) is 14.1 Å². The third-order valence-corrected chi connectivity index (χ3v) is 3.84. The highest BCUT2D eigenvalue weighted by Crippen LogP contribution is 2.21. The molecule has 0 saturated carbocycles. The Morgan fingerprint density at radius 1 is 1.62 bits per heavy atom. The van der Waals surface area contributed by atoms with Crippen LogP contribution in [0.5, 0.6) is 0 Å². The number of hydrogen-bond acceptors (Lipinski definition) is 3. The number of rotatable bonds is 6. The normalized spacial score (nSPS) is 10.4. The van der Waals surface area contributed by atoms with Gasteiger partial charge in [0.15, 0.2) is 0 Å². The first-order chi connectivity index (χ1) is 7.63. The van der Waals surface area contributed by atoms with Crippen molar-refractivity contribution in [1.82, 2.24) is 10.2 Å². The van der Waals surface area contributed by atoms with Crippen molar-refractivity contribution in [1.29, 1.82) is 0 Å². The largest absolute Gasteiger partial charge is 0.341 e. The van der Waals surface area contributed by atoms with Gasteiger partial charge in [-0.1, -0.05) is 0 Å². The molecule has 0 bridgehead atoms. The Morgan fingerprint density at radius 3 is 2.94 bits per heavy atom. The molecule has 0 unspecified atom stereocenters. The fourth-order valence-electron chi connectivity index (χ4n) is 1.40. The molecule has 0 saturated heterocycles. The van der Waals surface area contributed by atoms with Crippen LogP contribution in [0.4, 0.5) is 0 Å². The number of hydrogen-bond donors (Lipinski definition) is 1. The van der Waals surface area contributed by atoms with Crippen molar-refractivity contribution in [2.75, 3.05) is 20.6 Å². The monoisotopic (exact) mass is 304 g/mol. The van der Waals surface area contributed by atoms with Crippen LogP contribution in [0.2, 0.25) is 0 Å². The van der Waals surface area contributed by atoms with Gasteiger partial charge in [-0.3, -0.25) is 4.79 Å². The van der Waals surface area contributed by atoms with Gasteiger partial charge in [-0.05, 0) is 53.0 Å². The predicted octanol–water partition coefficient (Wildman–Crippen LogP) is 2.47. The third-order valence-electron chi connectivity index (χ3n) is 2.28. The van der Waals surface area contributed by atoms with Crippen molar-refractivity contribution in [3.05, 3.63) is 20.8 Å². The van der Waals surface area contributed by atoms with Gasteiger partial charge in [0.1, 0.15) is 0 Å². The second-order valence-electron chi connectivity index (χ2n) is 3.72. The number of thiophene rings is 1. The van der Waals surface area contributed by atoms with Crippen LogP contribution in [0, 0.1) is 0 Å². The van der Waals surface area contributed by atoms with E-state index in [1.165, 1.54) is 5.56 Å². The predicted molar refractivity (Wildman–Crippen MR) is 71.7 cm³/mol. The number of nitrogens with one attached hydrogen (secondary N) is 1. The maximum Gasteiger partial charge on any atom is 0.222 e. The molecule has 5 heteroatoms. The van der Waals surface area contributed by atoms with Crippen molar-refractivity contribution < 1.29 is 4.79 Å². The van der Waals surface area contributed by atoms with E-state index in [4.69, 9.17) is 0 Å². The van der Waals surface area contributed by atoms with Gasteiger partial charge < -0.3 is 10.2 Å². The molecule has 1 amide bonds. The summed E-state index contributed by atoms with van der Waals surface area (Å²) in [5.41, 5.74) is 1.18. The zero-order valence-electron chi connectivity index (χ0n) is 9.62. The van der Waals surface area contributed by atoms with Gasteiger partial charge in [0, 0.05) is 20.0 Å². The second-order valence-corrected chi connectivity index (χ2v) is 6.01. The van der Waals surface area contributed by atoms with E-state index in [1.54, 1.807) is 16.2 Å². The summed E-state index contributed by atoms with van der Waals surface area (Å²) in [6.45, 7) is 1.59. The first-order valence-corrected chi connectivity index (χ1v) is 6.92. The molecule has 0 aliphatic rings. The standard InChI is InChI=1S/C11H17BrN2OS/c1-13-5-3-4-11(15)14(2)7-9-6-10(12)16-8-9/h6,8,13H,3-5,7H2,1-2H3. The molecule has 1 N–H and O–H groups in total. The summed E-state index contributed by atoms with van der Waals surface area (Å²) in [7, 11) is 3.75. The van der Waals surface area contributed by atoms with Crippen molar-refractivity contribution in [2.24, 2.45) is 0 Å². The topological polar surface area (TPSA) is 32.3 Å². The molecule has 1 rings (SSSR count). The van der Waals surface area contributed by atoms with Gasteiger partial charge in [-0.25, -0.2) is 0 Å². The first-order valence-electron chi connectivity index (χ1n) is 5.25. The van der Waals surface area contributed by atoms with E-state index in [-0.39, 0.29) is 5.91 Å². The van der Waals surface area contributed by atoms with E-state index in [0.717, 1.165) is 16.8 Å². The summed E-state index contributed by atoms with van der Waals surface area (Å²) in [6.07, 6.45) is 1.51. The van der Waals surface area contributed by atoms with Crippen LogP contribution >= 0.6 is 27.3 Å². The van der Waals surface area contributed by atoms with Gasteiger partial charge >= 0.3 is 0 Å². The SMILES string of the molecule is CNCCCC(=O)N(C)Cc1csc(Br)c1. The van der Waals surface area contributed by atoms with Crippen LogP contribution in [-0.2, 0) is 11.3 Å². The highest BCUT2D eigenvalue weighted by Gasteiger charge is 2.09. The fraction of sp³-hybridized carbons (Fsp3) is 0.545. The minimum absolute atomic E-state index is 0.206. The zero-order valence-corrected chi connectivity index (χ0v) is 12.0. The number of halogens is 1. The van der Waals surface area contributed by atoms with Gasteiger partial charge in [0.25, 0.3) is 0 Å². The summed E-state index contributed by atoms with van der Waals surface area (Å²) in [4.78, 5) is 13.5. The van der Waals surface area contributed by atoms with Crippen molar-refractivity contribution in [3.8, 4) is 0 Å². The van der Waals surface area contributed by atoms with E-state index >= 15 is 0 Å². The molecule has 1 heterocycles. The lowest BCUT2D eigenvalue weighted by Gasteiger charge is -2.16. The van der Waals surface area contributed by atoms with Gasteiger partial charge in [0.2, 0.25) is 5.91 Å². The Hall–Kier alpha value is -0.390. The summed E-state index contributed by atoms with van der Waals surface area (Å²) in [6, 6.07) is 2.06. The quantitative estimate of drug-likeness (QED) is 0.819. The van der Waals surface area contributed by atoms with E-state index in [9.17, 15) is 4.79 Å². The Morgan fingerprint density at radius 2 is 2.38 bits per heavy atom. The minimum Gasteiger partial charge on any atom is -0.341 e. The number of nitrogens with zero attached hydrogens (tertiary/aromatic N) is 1. The summed E-state index contributed by atoms with van der Waals surface area (Å²) in [5, 5.41) is 5.11. The van der Waals surface area contributed by atoms with E-state index < -0.39 is 0 Å².